The molecular formula is C12H15ClN4O4. The first kappa shape index (κ1) is 14.5. The van der Waals surface area contributed by atoms with Crippen LogP contribution in [0.2, 0.25) is 5.15 Å². The summed E-state index contributed by atoms with van der Waals surface area (Å²) in [4.78, 5) is 8.02. The number of hydrogen-bond donors (Lipinski definition) is 4. The maximum atomic E-state index is 10.1. The van der Waals surface area contributed by atoms with E-state index in [9.17, 15) is 10.2 Å². The third-order valence-electron chi connectivity index (χ3n) is 3.63. The molecule has 1 fully saturated rings. The van der Waals surface area contributed by atoms with Crippen molar-refractivity contribution < 1.29 is 20.1 Å². The van der Waals surface area contributed by atoms with Crippen LogP contribution in [0.1, 0.15) is 11.8 Å². The molecule has 0 aromatic carbocycles. The lowest BCUT2D eigenvalue weighted by molar-refractivity contribution is -0.0508. The second-order valence-corrected chi connectivity index (χ2v) is 5.38. The van der Waals surface area contributed by atoms with E-state index in [0.29, 0.717) is 11.0 Å². The van der Waals surface area contributed by atoms with Crippen molar-refractivity contribution in [3.8, 4) is 0 Å². The number of aliphatic hydroxyl groups is 3. The van der Waals surface area contributed by atoms with E-state index in [1.54, 1.807) is 6.20 Å². The van der Waals surface area contributed by atoms with Crippen molar-refractivity contribution in [2.45, 2.75) is 31.5 Å². The highest BCUT2D eigenvalue weighted by molar-refractivity contribution is 6.34. The number of aromatic nitrogens is 3. The molecule has 0 bridgehead atoms. The summed E-state index contributed by atoms with van der Waals surface area (Å²) < 4.78 is 7.03. The van der Waals surface area contributed by atoms with Crippen LogP contribution in [0, 0.1) is 6.92 Å². The SMILES string of the molecule is Cc1cn(C2O[C@H](CO)[C@@H](O)[C@H]2O)c2nc(N)nc(Cl)c12. The molecule has 1 aliphatic rings. The van der Waals surface area contributed by atoms with Crippen molar-refractivity contribution in [2.75, 3.05) is 12.3 Å². The minimum absolute atomic E-state index is 0.00130. The summed E-state index contributed by atoms with van der Waals surface area (Å²) in [5.74, 6) is -0.00130. The van der Waals surface area contributed by atoms with Crippen LogP contribution >= 0.6 is 11.6 Å². The number of aryl methyl sites for hydroxylation is 1. The molecule has 3 rings (SSSR count). The molecule has 9 heteroatoms. The summed E-state index contributed by atoms with van der Waals surface area (Å²) in [5, 5.41) is 29.9. The molecule has 114 valence electrons. The molecule has 21 heavy (non-hydrogen) atoms. The Balaban J connectivity index is 2.13. The molecule has 2 aromatic rings. The van der Waals surface area contributed by atoms with Crippen LogP contribution in [0.5, 0.6) is 0 Å². The average Bonchev–Trinajstić information content (AvgIpc) is 2.89. The number of nitrogens with zero attached hydrogens (tertiary/aromatic N) is 3. The normalized spacial score (nSPS) is 29.4. The van der Waals surface area contributed by atoms with Gasteiger partial charge in [-0.15, -0.1) is 0 Å². The van der Waals surface area contributed by atoms with Gasteiger partial charge in [0.05, 0.1) is 12.0 Å². The molecule has 0 radical (unpaired) electrons. The van der Waals surface area contributed by atoms with Gasteiger partial charge in [-0.25, -0.2) is 4.98 Å². The maximum absolute atomic E-state index is 10.1. The van der Waals surface area contributed by atoms with Crippen LogP contribution < -0.4 is 5.73 Å². The number of fused-ring (bicyclic) bond motifs is 1. The Kier molecular flexibility index (Phi) is 3.50. The van der Waals surface area contributed by atoms with Crippen molar-refractivity contribution in [1.29, 1.82) is 0 Å². The van der Waals surface area contributed by atoms with E-state index >= 15 is 0 Å². The van der Waals surface area contributed by atoms with E-state index in [-0.39, 0.29) is 11.1 Å². The van der Waals surface area contributed by atoms with Gasteiger partial charge in [-0.3, -0.25) is 0 Å². The highest BCUT2D eigenvalue weighted by atomic mass is 35.5. The van der Waals surface area contributed by atoms with E-state index in [1.807, 2.05) is 6.92 Å². The number of rotatable bonds is 2. The first-order valence-corrected chi connectivity index (χ1v) is 6.74. The summed E-state index contributed by atoms with van der Waals surface area (Å²) in [6, 6.07) is 0. The fourth-order valence-electron chi connectivity index (χ4n) is 2.60. The van der Waals surface area contributed by atoms with Crippen LogP contribution in [-0.4, -0.2) is 54.8 Å². The predicted octanol–water partition coefficient (Wildman–Crippen LogP) is -0.413. The molecule has 4 atom stereocenters. The smallest absolute Gasteiger partial charge is 0.223 e. The Morgan fingerprint density at radius 2 is 2.10 bits per heavy atom. The van der Waals surface area contributed by atoms with Crippen molar-refractivity contribution in [2.24, 2.45) is 0 Å². The van der Waals surface area contributed by atoms with Crippen LogP contribution in [0.15, 0.2) is 6.20 Å². The third-order valence-corrected chi connectivity index (χ3v) is 3.90. The summed E-state index contributed by atoms with van der Waals surface area (Å²) in [6.07, 6.45) is -2.46. The van der Waals surface area contributed by atoms with E-state index in [4.69, 9.17) is 27.2 Å². The first-order chi connectivity index (χ1) is 9.93. The number of anilines is 1. The van der Waals surface area contributed by atoms with E-state index < -0.39 is 31.1 Å². The Hall–Kier alpha value is -1.45. The Labute approximate surface area is 124 Å². The van der Waals surface area contributed by atoms with Gasteiger partial charge < -0.3 is 30.4 Å². The maximum Gasteiger partial charge on any atom is 0.223 e. The zero-order valence-corrected chi connectivity index (χ0v) is 11.9. The summed E-state index contributed by atoms with van der Waals surface area (Å²) in [5.41, 5.74) is 6.79. The molecule has 5 N–H and O–H groups in total. The zero-order chi connectivity index (χ0) is 15.3. The number of aliphatic hydroxyl groups excluding tert-OH is 3. The molecule has 2 aromatic heterocycles. The lowest BCUT2D eigenvalue weighted by Gasteiger charge is -2.17. The van der Waals surface area contributed by atoms with E-state index in [1.165, 1.54) is 4.57 Å². The summed E-state index contributed by atoms with van der Waals surface area (Å²) in [7, 11) is 0. The average molecular weight is 315 g/mol. The molecule has 1 saturated heterocycles. The Bertz CT molecular complexity index is 691. The molecule has 8 nitrogen and oxygen atoms in total. The number of hydrogen-bond acceptors (Lipinski definition) is 7. The fourth-order valence-corrected chi connectivity index (χ4v) is 2.92. The van der Waals surface area contributed by atoms with Crippen LogP contribution in [0.3, 0.4) is 0 Å². The standard InChI is InChI=1S/C12H15ClN4O4/c1-4-2-17(10-6(4)9(13)15-12(14)16-10)11-8(20)7(19)5(3-18)21-11/h2,5,7-8,11,18-20H,3H2,1H3,(H2,14,15,16)/t5-,7-,8-,11?/m1/s1. The number of halogens is 1. The molecule has 0 spiro atoms. The predicted molar refractivity (Wildman–Crippen MR) is 74.7 cm³/mol. The molecule has 0 aliphatic carbocycles. The quantitative estimate of drug-likeness (QED) is 0.555. The van der Waals surface area contributed by atoms with Gasteiger partial charge in [0, 0.05) is 6.20 Å². The number of nitrogens with two attached hydrogens (primary N) is 1. The lowest BCUT2D eigenvalue weighted by Crippen LogP contribution is -2.33. The fraction of sp³-hybridized carbons (Fsp3) is 0.500. The zero-order valence-electron chi connectivity index (χ0n) is 11.1. The van der Waals surface area contributed by atoms with Gasteiger partial charge in [-0.2, -0.15) is 4.98 Å². The Morgan fingerprint density at radius 1 is 1.38 bits per heavy atom. The summed E-state index contributed by atoms with van der Waals surface area (Å²) >= 11 is 6.07. The first-order valence-electron chi connectivity index (χ1n) is 6.36. The van der Waals surface area contributed by atoms with E-state index in [0.717, 1.165) is 5.56 Å². The molecule has 0 amide bonds. The van der Waals surface area contributed by atoms with Crippen molar-refractivity contribution in [1.82, 2.24) is 14.5 Å². The van der Waals surface area contributed by atoms with Crippen molar-refractivity contribution in [3.63, 3.8) is 0 Å². The topological polar surface area (TPSA) is 127 Å². The van der Waals surface area contributed by atoms with Gasteiger partial charge in [-0.1, -0.05) is 11.6 Å². The van der Waals surface area contributed by atoms with Gasteiger partial charge in [0.2, 0.25) is 5.95 Å². The highest BCUT2D eigenvalue weighted by Gasteiger charge is 2.44. The third kappa shape index (κ3) is 2.16. The minimum atomic E-state index is -1.20. The van der Waals surface area contributed by atoms with Gasteiger partial charge in [0.15, 0.2) is 6.23 Å². The van der Waals surface area contributed by atoms with Crippen LogP contribution in [0.4, 0.5) is 5.95 Å². The van der Waals surface area contributed by atoms with Gasteiger partial charge >= 0.3 is 0 Å². The molecule has 1 unspecified atom stereocenters. The number of ether oxygens (including phenoxy) is 1. The molecular weight excluding hydrogens is 300 g/mol. The monoisotopic (exact) mass is 314 g/mol. The summed E-state index contributed by atoms with van der Waals surface area (Å²) in [6.45, 7) is 1.41. The van der Waals surface area contributed by atoms with Crippen molar-refractivity contribution >= 4 is 28.6 Å². The minimum Gasteiger partial charge on any atom is -0.394 e. The van der Waals surface area contributed by atoms with Crippen molar-refractivity contribution in [3.05, 3.63) is 16.9 Å². The number of nitrogen functional groups attached to an aromatic ring is 1. The second kappa shape index (κ2) is 5.08. The highest BCUT2D eigenvalue weighted by Crippen LogP contribution is 2.35. The van der Waals surface area contributed by atoms with Gasteiger partial charge in [0.25, 0.3) is 0 Å². The van der Waals surface area contributed by atoms with Gasteiger partial charge in [-0.05, 0) is 12.5 Å². The lowest BCUT2D eigenvalue weighted by atomic mass is 10.1. The largest absolute Gasteiger partial charge is 0.394 e. The molecule has 0 saturated carbocycles. The van der Waals surface area contributed by atoms with Crippen LogP contribution in [-0.2, 0) is 4.74 Å². The van der Waals surface area contributed by atoms with Gasteiger partial charge in [0.1, 0.15) is 29.1 Å². The molecule has 1 aliphatic heterocycles. The second-order valence-electron chi connectivity index (χ2n) is 5.02. The Morgan fingerprint density at radius 3 is 2.71 bits per heavy atom. The molecule has 3 heterocycles. The van der Waals surface area contributed by atoms with E-state index in [2.05, 4.69) is 9.97 Å². The van der Waals surface area contributed by atoms with Crippen LogP contribution in [0.25, 0.3) is 11.0 Å².